The van der Waals surface area contributed by atoms with Gasteiger partial charge in [-0.25, -0.2) is 4.79 Å². The molecule has 7 heteroatoms. The van der Waals surface area contributed by atoms with Crippen LogP contribution in [0.5, 0.6) is 23.0 Å². The van der Waals surface area contributed by atoms with E-state index in [1.165, 1.54) is 57.7 Å². The summed E-state index contributed by atoms with van der Waals surface area (Å²) in [5, 5.41) is 10.0. The minimum Gasteiger partial charge on any atom is -0.508 e. The highest BCUT2D eigenvalue weighted by atomic mass is 16.5. The molecule has 0 aliphatic rings. The summed E-state index contributed by atoms with van der Waals surface area (Å²) in [7, 11) is 4.48. The van der Waals surface area contributed by atoms with Gasteiger partial charge in [-0.05, 0) is 48.0 Å². The van der Waals surface area contributed by atoms with Crippen LogP contribution in [0.2, 0.25) is 0 Å². The minimum absolute atomic E-state index is 0.00714. The fraction of sp³-hybridized carbons (Fsp3) is 0.143. The minimum atomic E-state index is -0.752. The molecule has 0 saturated carbocycles. The lowest BCUT2D eigenvalue weighted by atomic mass is 10.1. The molecule has 0 aliphatic carbocycles. The van der Waals surface area contributed by atoms with E-state index in [0.29, 0.717) is 28.2 Å². The summed E-state index contributed by atoms with van der Waals surface area (Å²) in [6.07, 6.45) is 2.78. The molecule has 3 rings (SSSR count). The smallest absolute Gasteiger partial charge is 0.347 e. The fourth-order valence-electron chi connectivity index (χ4n) is 2.74. The van der Waals surface area contributed by atoms with Gasteiger partial charge in [0.25, 0.3) is 0 Å². The van der Waals surface area contributed by atoms with E-state index in [1.54, 1.807) is 12.1 Å². The van der Waals surface area contributed by atoms with Gasteiger partial charge in [-0.1, -0.05) is 6.08 Å². The number of aromatic hydroxyl groups is 1. The number of methoxy groups -OCH3 is 3. The molecule has 0 radical (unpaired) electrons. The van der Waals surface area contributed by atoms with Crippen LogP contribution in [0.15, 0.2) is 51.7 Å². The zero-order valence-electron chi connectivity index (χ0n) is 15.5. The summed E-state index contributed by atoms with van der Waals surface area (Å²) in [5.41, 5.74) is 0.0122. The Morgan fingerprint density at radius 1 is 1.00 bits per heavy atom. The Kier molecular flexibility index (Phi) is 5.35. The number of fused-ring (bicyclic) bond motifs is 1. The molecule has 1 heterocycles. The maximum Gasteiger partial charge on any atom is 0.347 e. The number of hydrogen-bond acceptors (Lipinski definition) is 7. The number of carbonyl (C=O) groups is 1. The van der Waals surface area contributed by atoms with Gasteiger partial charge in [0.15, 0.2) is 17.3 Å². The van der Waals surface area contributed by atoms with Crippen LogP contribution in [-0.2, 0) is 0 Å². The quantitative estimate of drug-likeness (QED) is 0.396. The number of phenols is 1. The number of allylic oxidation sites excluding steroid dienone is 1. The zero-order valence-corrected chi connectivity index (χ0v) is 15.5. The Morgan fingerprint density at radius 3 is 2.29 bits per heavy atom. The Hall–Kier alpha value is -3.74. The van der Waals surface area contributed by atoms with Crippen molar-refractivity contribution >= 4 is 22.8 Å². The normalized spacial score (nSPS) is 11.0. The number of ether oxygens (including phenoxy) is 3. The van der Waals surface area contributed by atoms with Crippen LogP contribution >= 0.6 is 0 Å². The molecule has 1 aromatic heterocycles. The van der Waals surface area contributed by atoms with E-state index >= 15 is 0 Å². The summed E-state index contributed by atoms with van der Waals surface area (Å²) in [4.78, 5) is 24.6. The average molecular weight is 382 g/mol. The van der Waals surface area contributed by atoms with Gasteiger partial charge in [0, 0.05) is 5.39 Å². The van der Waals surface area contributed by atoms with Crippen LogP contribution in [0.1, 0.15) is 15.9 Å². The van der Waals surface area contributed by atoms with Crippen LogP contribution in [0.3, 0.4) is 0 Å². The molecule has 1 N–H and O–H groups in total. The lowest BCUT2D eigenvalue weighted by molar-refractivity contribution is 0.104. The Morgan fingerprint density at radius 2 is 1.68 bits per heavy atom. The van der Waals surface area contributed by atoms with Crippen LogP contribution in [0.4, 0.5) is 0 Å². The number of benzene rings is 2. The first-order valence-corrected chi connectivity index (χ1v) is 8.26. The molecule has 0 unspecified atom stereocenters. The second-order valence-corrected chi connectivity index (χ2v) is 5.83. The highest BCUT2D eigenvalue weighted by Gasteiger charge is 2.14. The summed E-state index contributed by atoms with van der Waals surface area (Å²) in [6, 6.07) is 9.02. The van der Waals surface area contributed by atoms with E-state index in [9.17, 15) is 14.7 Å². The predicted octanol–water partition coefficient (Wildman–Crippen LogP) is 3.42. The third kappa shape index (κ3) is 3.68. The maximum atomic E-state index is 12.5. The van der Waals surface area contributed by atoms with Gasteiger partial charge >= 0.3 is 5.63 Å². The molecule has 2 aromatic carbocycles. The van der Waals surface area contributed by atoms with Gasteiger partial charge < -0.3 is 23.7 Å². The van der Waals surface area contributed by atoms with Crippen LogP contribution in [0, 0.1) is 0 Å². The largest absolute Gasteiger partial charge is 0.508 e. The lowest BCUT2D eigenvalue weighted by Gasteiger charge is -2.12. The molecule has 0 bridgehead atoms. The van der Waals surface area contributed by atoms with Crippen molar-refractivity contribution < 1.29 is 28.5 Å². The monoisotopic (exact) mass is 382 g/mol. The molecular formula is C21H18O7. The first kappa shape index (κ1) is 19.0. The standard InChI is InChI=1S/C21H18O7/c1-25-18-8-12(9-19(26-2)20(18)27-3)4-6-16(23)15-11-13-10-14(22)5-7-17(13)28-21(15)24/h4-11,22H,1-3H3/b6-4+. The van der Waals surface area contributed by atoms with Crippen LogP contribution in [0.25, 0.3) is 17.0 Å². The number of ketones is 1. The van der Waals surface area contributed by atoms with Crippen molar-refractivity contribution in [2.75, 3.05) is 21.3 Å². The Balaban J connectivity index is 1.97. The number of hydrogen-bond donors (Lipinski definition) is 1. The molecule has 0 aliphatic heterocycles. The van der Waals surface area contributed by atoms with E-state index < -0.39 is 11.4 Å². The van der Waals surface area contributed by atoms with Gasteiger partial charge in [-0.3, -0.25) is 4.79 Å². The van der Waals surface area contributed by atoms with Crippen molar-refractivity contribution in [3.8, 4) is 23.0 Å². The zero-order chi connectivity index (χ0) is 20.3. The molecule has 28 heavy (non-hydrogen) atoms. The fourth-order valence-corrected chi connectivity index (χ4v) is 2.74. The van der Waals surface area contributed by atoms with Gasteiger partial charge in [0.1, 0.15) is 16.9 Å². The first-order valence-electron chi connectivity index (χ1n) is 8.26. The number of carbonyl (C=O) groups excluding carboxylic acids is 1. The van der Waals surface area contributed by atoms with E-state index in [4.69, 9.17) is 18.6 Å². The molecule has 0 saturated heterocycles. The second-order valence-electron chi connectivity index (χ2n) is 5.83. The lowest BCUT2D eigenvalue weighted by Crippen LogP contribution is -2.11. The number of phenolic OH excluding ortho intramolecular Hbond substituents is 1. The van der Waals surface area contributed by atoms with E-state index in [-0.39, 0.29) is 16.9 Å². The van der Waals surface area contributed by atoms with E-state index in [2.05, 4.69) is 0 Å². The highest BCUT2D eigenvalue weighted by Crippen LogP contribution is 2.38. The van der Waals surface area contributed by atoms with Gasteiger partial charge in [-0.15, -0.1) is 0 Å². The SMILES string of the molecule is COc1cc(/C=C/C(=O)c2cc3cc(O)ccc3oc2=O)cc(OC)c1OC. The summed E-state index contributed by atoms with van der Waals surface area (Å²) in [6.45, 7) is 0. The molecule has 144 valence electrons. The van der Waals surface area contributed by atoms with E-state index in [1.807, 2.05) is 0 Å². The first-order chi connectivity index (χ1) is 13.5. The van der Waals surface area contributed by atoms with Crippen LogP contribution < -0.4 is 19.8 Å². The molecule has 3 aromatic rings. The molecule has 0 amide bonds. The third-order valence-corrected chi connectivity index (χ3v) is 4.10. The van der Waals surface area contributed by atoms with Crippen LogP contribution in [-0.4, -0.2) is 32.2 Å². The molecule has 0 spiro atoms. The Labute approximate surface area is 160 Å². The third-order valence-electron chi connectivity index (χ3n) is 4.10. The summed E-state index contributed by atoms with van der Waals surface area (Å²) >= 11 is 0. The highest BCUT2D eigenvalue weighted by molar-refractivity contribution is 6.07. The van der Waals surface area contributed by atoms with Crippen molar-refractivity contribution in [2.24, 2.45) is 0 Å². The maximum absolute atomic E-state index is 12.5. The van der Waals surface area contributed by atoms with Crippen molar-refractivity contribution in [2.45, 2.75) is 0 Å². The predicted molar refractivity (Wildman–Crippen MR) is 104 cm³/mol. The van der Waals surface area contributed by atoms with Gasteiger partial charge in [-0.2, -0.15) is 0 Å². The van der Waals surface area contributed by atoms with E-state index in [0.717, 1.165) is 0 Å². The topological polar surface area (TPSA) is 95.2 Å². The van der Waals surface area contributed by atoms with Crippen molar-refractivity contribution in [3.63, 3.8) is 0 Å². The molecular weight excluding hydrogens is 364 g/mol. The second kappa shape index (κ2) is 7.87. The molecule has 7 nitrogen and oxygen atoms in total. The molecule has 0 atom stereocenters. The summed E-state index contributed by atoms with van der Waals surface area (Å²) < 4.78 is 21.0. The number of rotatable bonds is 6. The molecule has 0 fully saturated rings. The van der Waals surface area contributed by atoms with Gasteiger partial charge in [0.05, 0.1) is 21.3 Å². The van der Waals surface area contributed by atoms with Crippen molar-refractivity contribution in [1.82, 2.24) is 0 Å². The van der Waals surface area contributed by atoms with Gasteiger partial charge in [0.2, 0.25) is 5.75 Å². The van der Waals surface area contributed by atoms with Crippen molar-refractivity contribution in [1.29, 1.82) is 0 Å². The van der Waals surface area contributed by atoms with Crippen molar-refractivity contribution in [3.05, 3.63) is 64.0 Å². The average Bonchev–Trinajstić information content (AvgIpc) is 2.70. The Bertz CT molecular complexity index is 1100. The summed E-state index contributed by atoms with van der Waals surface area (Å²) in [5.74, 6) is 0.785.